The van der Waals surface area contributed by atoms with Gasteiger partial charge >= 0.3 is 5.51 Å². The van der Waals surface area contributed by atoms with Crippen LogP contribution in [0.5, 0.6) is 0 Å². The van der Waals surface area contributed by atoms with Crippen LogP contribution in [0.2, 0.25) is 5.02 Å². The van der Waals surface area contributed by atoms with E-state index in [4.69, 9.17) is 11.6 Å². The Bertz CT molecular complexity index is 392. The molecule has 1 unspecified atom stereocenters. The monoisotopic (exact) mass is 325 g/mol. The Labute approximate surface area is 127 Å². The molecule has 1 aromatic carbocycles. The van der Waals surface area contributed by atoms with E-state index in [1.165, 1.54) is 0 Å². The third-order valence-electron chi connectivity index (χ3n) is 2.85. The summed E-state index contributed by atoms with van der Waals surface area (Å²) in [7, 11) is 0. The second kappa shape index (κ2) is 8.15. The molecule has 1 aromatic rings. The van der Waals surface area contributed by atoms with Gasteiger partial charge in [0.05, 0.1) is 0 Å². The fourth-order valence-corrected chi connectivity index (χ4v) is 2.58. The summed E-state index contributed by atoms with van der Waals surface area (Å²) in [6.45, 7) is 4.70. The topological polar surface area (TPSA) is 12.0 Å². The molecular weight excluding hydrogens is 307 g/mol. The van der Waals surface area contributed by atoms with E-state index in [2.05, 4.69) is 5.32 Å². The van der Waals surface area contributed by atoms with E-state index in [1.807, 2.05) is 26.0 Å². The number of rotatable bonds is 7. The summed E-state index contributed by atoms with van der Waals surface area (Å²) in [5.74, 6) is 0.126. The molecule has 0 saturated carbocycles. The molecule has 0 bridgehead atoms. The smallest absolute Gasteiger partial charge is 0.314 e. The van der Waals surface area contributed by atoms with Gasteiger partial charge in [0, 0.05) is 23.4 Å². The molecule has 0 aliphatic rings. The van der Waals surface area contributed by atoms with Gasteiger partial charge in [0.25, 0.3) is 0 Å². The van der Waals surface area contributed by atoms with Crippen molar-refractivity contribution in [1.82, 2.24) is 5.32 Å². The zero-order chi connectivity index (χ0) is 15.2. The second-order valence-electron chi connectivity index (χ2n) is 4.89. The second-order valence-corrected chi connectivity index (χ2v) is 6.49. The van der Waals surface area contributed by atoms with Crippen LogP contribution < -0.4 is 5.32 Å². The van der Waals surface area contributed by atoms with Crippen molar-refractivity contribution in [2.45, 2.75) is 37.7 Å². The summed E-state index contributed by atoms with van der Waals surface area (Å²) >= 11 is 5.88. The van der Waals surface area contributed by atoms with E-state index in [-0.39, 0.29) is 23.4 Å². The molecular formula is C14H19ClF3NS. The van der Waals surface area contributed by atoms with Crippen LogP contribution in [0.3, 0.4) is 0 Å². The molecule has 20 heavy (non-hydrogen) atoms. The van der Waals surface area contributed by atoms with E-state index >= 15 is 0 Å². The maximum Gasteiger partial charge on any atom is 0.441 e. The zero-order valence-corrected chi connectivity index (χ0v) is 13.1. The van der Waals surface area contributed by atoms with Crippen molar-refractivity contribution in [1.29, 1.82) is 0 Å². The minimum atomic E-state index is -4.16. The molecule has 0 spiro atoms. The lowest BCUT2D eigenvalue weighted by Crippen LogP contribution is -2.28. The predicted molar refractivity (Wildman–Crippen MR) is 80.5 cm³/mol. The third kappa shape index (κ3) is 7.41. The van der Waals surface area contributed by atoms with Gasteiger partial charge < -0.3 is 5.32 Å². The van der Waals surface area contributed by atoms with E-state index in [0.29, 0.717) is 24.0 Å². The summed E-state index contributed by atoms with van der Waals surface area (Å²) in [5, 5.41) is 3.92. The van der Waals surface area contributed by atoms with Crippen molar-refractivity contribution in [3.8, 4) is 0 Å². The largest absolute Gasteiger partial charge is 0.441 e. The summed E-state index contributed by atoms with van der Waals surface area (Å²) in [6.07, 6.45) is 0.478. The molecule has 0 aliphatic carbocycles. The van der Waals surface area contributed by atoms with Crippen LogP contribution in [0.1, 0.15) is 31.7 Å². The van der Waals surface area contributed by atoms with Crippen molar-refractivity contribution in [3.05, 3.63) is 34.9 Å². The number of hydrogen-bond acceptors (Lipinski definition) is 2. The Hall–Kier alpha value is -0.390. The van der Waals surface area contributed by atoms with Crippen LogP contribution in [0.25, 0.3) is 0 Å². The maximum atomic E-state index is 12.2. The van der Waals surface area contributed by atoms with Crippen LogP contribution in [0.4, 0.5) is 13.2 Å². The van der Waals surface area contributed by atoms with Gasteiger partial charge in [0.1, 0.15) is 0 Å². The van der Waals surface area contributed by atoms with Gasteiger partial charge in [0.15, 0.2) is 0 Å². The first kappa shape index (κ1) is 17.7. The molecule has 0 aliphatic heterocycles. The molecule has 1 N–H and O–H groups in total. The lowest BCUT2D eigenvalue weighted by atomic mass is 9.96. The van der Waals surface area contributed by atoms with Crippen molar-refractivity contribution in [2.75, 3.05) is 12.3 Å². The molecule has 0 aromatic heterocycles. The van der Waals surface area contributed by atoms with Gasteiger partial charge in [-0.25, -0.2) is 0 Å². The SMILES string of the molecule is CC(C)NCC(CCSC(F)(F)F)c1ccc(Cl)cc1. The zero-order valence-electron chi connectivity index (χ0n) is 11.5. The molecule has 1 atom stereocenters. The quantitative estimate of drug-likeness (QED) is 0.751. The Balaban J connectivity index is 2.62. The summed E-state index contributed by atoms with van der Waals surface area (Å²) in [6, 6.07) is 7.62. The predicted octanol–water partition coefficient (Wildman–Crippen LogP) is 5.06. The molecule has 6 heteroatoms. The number of alkyl halides is 3. The molecule has 0 heterocycles. The van der Waals surface area contributed by atoms with E-state index < -0.39 is 5.51 Å². The van der Waals surface area contributed by atoms with E-state index in [1.54, 1.807) is 12.1 Å². The number of hydrogen-bond donors (Lipinski definition) is 1. The molecule has 1 nitrogen and oxygen atoms in total. The Morgan fingerprint density at radius 2 is 1.80 bits per heavy atom. The number of thioether (sulfide) groups is 1. The molecule has 0 saturated heterocycles. The summed E-state index contributed by atoms with van der Waals surface area (Å²) < 4.78 is 36.6. The average Bonchev–Trinajstić information content (AvgIpc) is 2.33. The van der Waals surface area contributed by atoms with Crippen molar-refractivity contribution in [3.63, 3.8) is 0 Å². The fraction of sp³-hybridized carbons (Fsp3) is 0.571. The van der Waals surface area contributed by atoms with Crippen molar-refractivity contribution in [2.24, 2.45) is 0 Å². The summed E-state index contributed by atoms with van der Waals surface area (Å²) in [5.41, 5.74) is -3.14. The minimum Gasteiger partial charge on any atom is -0.314 e. The van der Waals surface area contributed by atoms with Crippen LogP contribution in [0.15, 0.2) is 24.3 Å². The highest BCUT2D eigenvalue weighted by Crippen LogP contribution is 2.33. The minimum absolute atomic E-state index is 0.0401. The van der Waals surface area contributed by atoms with Crippen LogP contribution in [-0.4, -0.2) is 23.8 Å². The highest BCUT2D eigenvalue weighted by molar-refractivity contribution is 8.00. The van der Waals surface area contributed by atoms with Gasteiger partial charge in [-0.05, 0) is 30.0 Å². The van der Waals surface area contributed by atoms with Crippen molar-refractivity contribution < 1.29 is 13.2 Å². The summed E-state index contributed by atoms with van der Waals surface area (Å²) in [4.78, 5) is 0. The first-order valence-electron chi connectivity index (χ1n) is 6.47. The highest BCUT2D eigenvalue weighted by Gasteiger charge is 2.28. The van der Waals surface area contributed by atoms with Gasteiger partial charge in [-0.15, -0.1) is 0 Å². The van der Waals surface area contributed by atoms with Crippen LogP contribution >= 0.6 is 23.4 Å². The first-order valence-corrected chi connectivity index (χ1v) is 7.84. The van der Waals surface area contributed by atoms with Gasteiger partial charge in [-0.3, -0.25) is 0 Å². The lowest BCUT2D eigenvalue weighted by molar-refractivity contribution is -0.0328. The lowest BCUT2D eigenvalue weighted by Gasteiger charge is -2.20. The number of benzene rings is 1. The third-order valence-corrected chi connectivity index (χ3v) is 3.87. The average molecular weight is 326 g/mol. The standard InChI is InChI=1S/C14H19ClF3NS/c1-10(2)19-9-12(7-8-20-14(16,17)18)11-3-5-13(15)6-4-11/h3-6,10,12,19H,7-9H2,1-2H3. The van der Waals surface area contributed by atoms with E-state index in [9.17, 15) is 13.2 Å². The van der Waals surface area contributed by atoms with Crippen molar-refractivity contribution >= 4 is 23.4 Å². The van der Waals surface area contributed by atoms with Crippen LogP contribution in [0, 0.1) is 0 Å². The Morgan fingerprint density at radius 1 is 1.20 bits per heavy atom. The van der Waals surface area contributed by atoms with E-state index in [0.717, 1.165) is 5.56 Å². The first-order chi connectivity index (χ1) is 9.28. The normalized spacial score (nSPS) is 13.8. The molecule has 0 radical (unpaired) electrons. The molecule has 114 valence electrons. The van der Waals surface area contributed by atoms with Gasteiger partial charge in [-0.2, -0.15) is 13.2 Å². The Morgan fingerprint density at radius 3 is 2.30 bits per heavy atom. The fourth-order valence-electron chi connectivity index (χ4n) is 1.82. The highest BCUT2D eigenvalue weighted by atomic mass is 35.5. The molecule has 0 fully saturated rings. The molecule has 0 amide bonds. The number of nitrogens with one attached hydrogen (secondary N) is 1. The van der Waals surface area contributed by atoms with Gasteiger partial charge in [0.2, 0.25) is 0 Å². The molecule has 1 rings (SSSR count). The maximum absolute atomic E-state index is 12.2. The Kier molecular flexibility index (Phi) is 7.20. The van der Waals surface area contributed by atoms with Gasteiger partial charge in [-0.1, -0.05) is 49.3 Å². The number of halogens is 4. The van der Waals surface area contributed by atoms with Crippen LogP contribution in [-0.2, 0) is 0 Å².